The molecule has 96 valence electrons. The van der Waals surface area contributed by atoms with E-state index in [4.69, 9.17) is 14.9 Å². The molecule has 0 aliphatic carbocycles. The fraction of sp³-hybridized carbons (Fsp3) is 0.462. The molecule has 0 aliphatic rings. The first kappa shape index (κ1) is 15.4. The van der Waals surface area contributed by atoms with Gasteiger partial charge in [-0.2, -0.15) is 0 Å². The number of aryl methyl sites for hydroxylation is 3. The lowest BCUT2D eigenvalue weighted by atomic mass is 10.0. The van der Waals surface area contributed by atoms with Crippen molar-refractivity contribution in [3.05, 3.63) is 28.8 Å². The number of hydrogen-bond donors (Lipinski definition) is 2. The van der Waals surface area contributed by atoms with Crippen molar-refractivity contribution >= 4 is 5.97 Å². The Hall–Kier alpha value is -1.55. The summed E-state index contributed by atoms with van der Waals surface area (Å²) < 4.78 is 5.24. The number of methoxy groups -OCH3 is 1. The van der Waals surface area contributed by atoms with Crippen LogP contribution in [0.3, 0.4) is 0 Å². The number of carbonyl (C=O) groups is 1. The summed E-state index contributed by atoms with van der Waals surface area (Å²) >= 11 is 0. The Morgan fingerprint density at radius 2 is 1.71 bits per heavy atom. The molecule has 0 atom stereocenters. The summed E-state index contributed by atoms with van der Waals surface area (Å²) in [7, 11) is 2.65. The van der Waals surface area contributed by atoms with Gasteiger partial charge in [0.2, 0.25) is 0 Å². The number of carboxylic acid groups (broad SMARTS) is 1. The van der Waals surface area contributed by atoms with Crippen LogP contribution in [0.25, 0.3) is 0 Å². The predicted molar refractivity (Wildman–Crippen MR) is 66.6 cm³/mol. The summed E-state index contributed by atoms with van der Waals surface area (Å²) in [5, 5.41) is 15.6. The van der Waals surface area contributed by atoms with Crippen molar-refractivity contribution in [1.29, 1.82) is 0 Å². The van der Waals surface area contributed by atoms with E-state index < -0.39 is 5.97 Å². The van der Waals surface area contributed by atoms with Crippen molar-refractivity contribution in [2.24, 2.45) is 0 Å². The molecule has 0 unspecified atom stereocenters. The third-order valence-corrected chi connectivity index (χ3v) is 2.35. The number of aliphatic hydroxyl groups is 1. The monoisotopic (exact) mass is 240 g/mol. The van der Waals surface area contributed by atoms with Crippen LogP contribution in [0.1, 0.15) is 23.1 Å². The third-order valence-electron chi connectivity index (χ3n) is 2.35. The molecule has 17 heavy (non-hydrogen) atoms. The maximum atomic E-state index is 10.4. The molecule has 0 saturated heterocycles. The number of aliphatic hydroxyl groups excluding tert-OH is 1. The number of ether oxygens (including phenoxy) is 1. The van der Waals surface area contributed by atoms with Gasteiger partial charge in [-0.05, 0) is 37.0 Å². The second kappa shape index (κ2) is 7.68. The molecular weight excluding hydrogens is 220 g/mol. The minimum absolute atomic E-state index is 0.172. The molecule has 1 aromatic carbocycles. The molecule has 0 amide bonds. The highest BCUT2D eigenvalue weighted by Crippen LogP contribution is 2.24. The van der Waals surface area contributed by atoms with Crippen molar-refractivity contribution < 1.29 is 19.7 Å². The van der Waals surface area contributed by atoms with E-state index in [0.717, 1.165) is 29.5 Å². The quantitative estimate of drug-likeness (QED) is 0.844. The van der Waals surface area contributed by atoms with Gasteiger partial charge < -0.3 is 14.9 Å². The summed E-state index contributed by atoms with van der Waals surface area (Å²) in [6.07, 6.45) is 0.742. The average Bonchev–Trinajstić information content (AvgIpc) is 2.29. The van der Waals surface area contributed by atoms with Crippen molar-refractivity contribution in [2.45, 2.75) is 26.7 Å². The van der Waals surface area contributed by atoms with Gasteiger partial charge in [0.05, 0.1) is 7.11 Å². The highest BCUT2D eigenvalue weighted by molar-refractivity contribution is 5.67. The fourth-order valence-electron chi connectivity index (χ4n) is 1.76. The Kier molecular flexibility index (Phi) is 6.98. The smallest absolute Gasteiger partial charge is 0.303 e. The number of rotatable bonds is 4. The van der Waals surface area contributed by atoms with E-state index >= 15 is 0 Å². The highest BCUT2D eigenvalue weighted by Gasteiger charge is 2.06. The van der Waals surface area contributed by atoms with E-state index in [1.807, 2.05) is 26.0 Å². The topological polar surface area (TPSA) is 66.8 Å². The highest BCUT2D eigenvalue weighted by atomic mass is 16.5. The van der Waals surface area contributed by atoms with E-state index in [9.17, 15) is 4.79 Å². The minimum atomic E-state index is -0.763. The number of hydrogen-bond acceptors (Lipinski definition) is 3. The molecule has 2 N–H and O–H groups in total. The lowest BCUT2D eigenvalue weighted by Crippen LogP contribution is -1.99. The second-order valence-corrected chi connectivity index (χ2v) is 3.66. The van der Waals surface area contributed by atoms with Gasteiger partial charge in [-0.15, -0.1) is 0 Å². The van der Waals surface area contributed by atoms with Crippen LogP contribution in [0.2, 0.25) is 0 Å². The lowest BCUT2D eigenvalue weighted by Gasteiger charge is -2.10. The molecule has 0 saturated carbocycles. The third kappa shape index (κ3) is 4.87. The van der Waals surface area contributed by atoms with E-state index in [2.05, 4.69) is 0 Å². The molecule has 4 heteroatoms. The Bertz CT molecular complexity index is 349. The number of benzene rings is 1. The molecule has 1 rings (SSSR count). The normalized spacial score (nSPS) is 9.24. The summed E-state index contributed by atoms with van der Waals surface area (Å²) in [4.78, 5) is 10.4. The molecule has 0 bridgehead atoms. The molecule has 1 aromatic rings. The van der Waals surface area contributed by atoms with Crippen molar-refractivity contribution in [2.75, 3.05) is 14.2 Å². The van der Waals surface area contributed by atoms with Crippen LogP contribution in [0.4, 0.5) is 0 Å². The summed E-state index contributed by atoms with van der Waals surface area (Å²) in [6, 6.07) is 3.96. The Balaban J connectivity index is 0.00000121. The summed E-state index contributed by atoms with van der Waals surface area (Å²) in [6.45, 7) is 3.94. The van der Waals surface area contributed by atoms with Gasteiger partial charge >= 0.3 is 5.97 Å². The van der Waals surface area contributed by atoms with Gasteiger partial charge in [-0.1, -0.05) is 12.1 Å². The van der Waals surface area contributed by atoms with Crippen LogP contribution in [0.5, 0.6) is 5.75 Å². The zero-order chi connectivity index (χ0) is 13.4. The SMILES string of the molecule is CO.COc1c(C)cc(CCC(=O)O)cc1C. The molecule has 0 spiro atoms. The molecule has 0 aliphatic heterocycles. The Labute approximate surface area is 102 Å². The van der Waals surface area contributed by atoms with Gasteiger partial charge in [-0.25, -0.2) is 0 Å². The van der Waals surface area contributed by atoms with Crippen LogP contribution < -0.4 is 4.74 Å². The maximum absolute atomic E-state index is 10.4. The zero-order valence-corrected chi connectivity index (χ0v) is 10.8. The van der Waals surface area contributed by atoms with E-state index in [0.29, 0.717) is 6.42 Å². The molecule has 0 aromatic heterocycles. The largest absolute Gasteiger partial charge is 0.496 e. The van der Waals surface area contributed by atoms with Gasteiger partial charge in [-0.3, -0.25) is 4.79 Å². The molecule has 0 heterocycles. The fourth-order valence-corrected chi connectivity index (χ4v) is 1.76. The number of aliphatic carboxylic acids is 1. The standard InChI is InChI=1S/C12H16O3.CH4O/c1-8-6-10(4-5-11(13)14)7-9(2)12(8)15-3;1-2/h6-7H,4-5H2,1-3H3,(H,13,14);2H,1H3. The van der Waals surface area contributed by atoms with E-state index in [1.165, 1.54) is 0 Å². The van der Waals surface area contributed by atoms with Crippen molar-refractivity contribution in [1.82, 2.24) is 0 Å². The van der Waals surface area contributed by atoms with Crippen molar-refractivity contribution in [3.8, 4) is 5.75 Å². The van der Waals surface area contributed by atoms with Gasteiger partial charge in [0.1, 0.15) is 5.75 Å². The minimum Gasteiger partial charge on any atom is -0.496 e. The zero-order valence-electron chi connectivity index (χ0n) is 10.8. The Morgan fingerprint density at radius 1 is 1.24 bits per heavy atom. The molecule has 4 nitrogen and oxygen atoms in total. The van der Waals surface area contributed by atoms with E-state index in [1.54, 1.807) is 7.11 Å². The average molecular weight is 240 g/mol. The van der Waals surface area contributed by atoms with Gasteiger partial charge in [0.15, 0.2) is 0 Å². The van der Waals surface area contributed by atoms with Crippen molar-refractivity contribution in [3.63, 3.8) is 0 Å². The van der Waals surface area contributed by atoms with Crippen LogP contribution in [0.15, 0.2) is 12.1 Å². The second-order valence-electron chi connectivity index (χ2n) is 3.66. The van der Waals surface area contributed by atoms with Crippen LogP contribution in [-0.2, 0) is 11.2 Å². The lowest BCUT2D eigenvalue weighted by molar-refractivity contribution is -0.136. The summed E-state index contributed by atoms with van der Waals surface area (Å²) in [5.41, 5.74) is 3.16. The van der Waals surface area contributed by atoms with E-state index in [-0.39, 0.29) is 6.42 Å². The molecule has 0 radical (unpaired) electrons. The molecule has 0 fully saturated rings. The van der Waals surface area contributed by atoms with Crippen LogP contribution in [-0.4, -0.2) is 30.4 Å². The number of carboxylic acids is 1. The maximum Gasteiger partial charge on any atom is 0.303 e. The van der Waals surface area contributed by atoms with Crippen LogP contribution >= 0.6 is 0 Å². The van der Waals surface area contributed by atoms with Crippen LogP contribution in [0, 0.1) is 13.8 Å². The predicted octanol–water partition coefficient (Wildman–Crippen LogP) is 1.94. The summed E-state index contributed by atoms with van der Waals surface area (Å²) in [5.74, 6) is 0.121. The van der Waals surface area contributed by atoms with Gasteiger partial charge in [0.25, 0.3) is 0 Å². The Morgan fingerprint density at radius 3 is 2.06 bits per heavy atom. The van der Waals surface area contributed by atoms with Gasteiger partial charge in [0, 0.05) is 13.5 Å². The first-order chi connectivity index (χ1) is 8.04. The first-order valence-electron chi connectivity index (χ1n) is 5.35. The first-order valence-corrected chi connectivity index (χ1v) is 5.35. The molecular formula is C13H20O4.